The van der Waals surface area contributed by atoms with Crippen LogP contribution in [-0.2, 0) is 5.41 Å². The molecule has 2 heteroatoms. The molecule has 0 bridgehead atoms. The summed E-state index contributed by atoms with van der Waals surface area (Å²) in [6.45, 7) is 4.73. The molecule has 1 aliphatic rings. The molecule has 0 atom stereocenters. The quantitative estimate of drug-likeness (QED) is 0.164. The third-order valence-electron chi connectivity index (χ3n) is 14.6. The van der Waals surface area contributed by atoms with Crippen molar-refractivity contribution in [2.45, 2.75) is 19.3 Å². The number of para-hydroxylation sites is 1. The number of rotatable bonds is 4. The number of benzene rings is 12. The van der Waals surface area contributed by atoms with E-state index in [1.165, 1.54) is 92.5 Å². The Hall–Kier alpha value is -8.20. The van der Waals surface area contributed by atoms with Gasteiger partial charge >= 0.3 is 0 Å². The lowest BCUT2D eigenvalue weighted by Gasteiger charge is -2.28. The Balaban J connectivity index is 1.08. The van der Waals surface area contributed by atoms with Gasteiger partial charge in [0.25, 0.3) is 0 Å². The van der Waals surface area contributed by atoms with E-state index in [2.05, 4.69) is 231 Å². The fourth-order valence-corrected chi connectivity index (χ4v) is 11.6. The van der Waals surface area contributed by atoms with Crippen LogP contribution in [0.2, 0.25) is 0 Å². The molecule has 0 saturated carbocycles. The average molecular weight is 828 g/mol. The summed E-state index contributed by atoms with van der Waals surface area (Å²) < 4.78 is 7.52. The summed E-state index contributed by atoms with van der Waals surface area (Å²) in [5.74, 6) is 0. The van der Waals surface area contributed by atoms with Crippen molar-refractivity contribution in [1.29, 1.82) is 0 Å². The van der Waals surface area contributed by atoms with Gasteiger partial charge in [-0.3, -0.25) is 0 Å². The Kier molecular flexibility index (Phi) is 7.49. The summed E-state index contributed by atoms with van der Waals surface area (Å²) in [5, 5.41) is 17.0. The van der Waals surface area contributed by atoms with Crippen LogP contribution < -0.4 is 4.90 Å². The molecule has 0 saturated heterocycles. The highest BCUT2D eigenvalue weighted by Crippen LogP contribution is 2.53. The monoisotopic (exact) mass is 827 g/mol. The first-order valence-corrected chi connectivity index (χ1v) is 22.7. The van der Waals surface area contributed by atoms with Crippen LogP contribution in [0.3, 0.4) is 0 Å². The molecule has 0 fully saturated rings. The highest BCUT2D eigenvalue weighted by Gasteiger charge is 2.36. The second-order valence-electron chi connectivity index (χ2n) is 18.4. The van der Waals surface area contributed by atoms with E-state index in [-0.39, 0.29) is 5.41 Å². The van der Waals surface area contributed by atoms with E-state index in [1.807, 2.05) is 0 Å². The molecule has 0 spiro atoms. The first-order chi connectivity index (χ1) is 32.0. The summed E-state index contributed by atoms with van der Waals surface area (Å²) >= 11 is 0. The molecular weight excluding hydrogens is 787 g/mol. The van der Waals surface area contributed by atoms with Gasteiger partial charge < -0.3 is 9.32 Å². The molecule has 1 heterocycles. The first-order valence-electron chi connectivity index (χ1n) is 22.7. The fraction of sp³-hybridized carbons (Fsp3) is 0.0476. The Morgan fingerprint density at radius 2 is 0.846 bits per heavy atom. The van der Waals surface area contributed by atoms with E-state index in [0.29, 0.717) is 0 Å². The van der Waals surface area contributed by atoms with E-state index in [0.717, 1.165) is 44.6 Å². The van der Waals surface area contributed by atoms with Crippen LogP contribution in [-0.4, -0.2) is 0 Å². The molecule has 13 aromatic rings. The molecule has 1 aliphatic carbocycles. The van der Waals surface area contributed by atoms with E-state index in [4.69, 9.17) is 4.42 Å². The highest BCUT2D eigenvalue weighted by atomic mass is 16.3. The van der Waals surface area contributed by atoms with Crippen LogP contribution in [0.1, 0.15) is 25.0 Å². The van der Waals surface area contributed by atoms with E-state index >= 15 is 0 Å². The smallest absolute Gasteiger partial charge is 0.159 e. The molecule has 304 valence electrons. The van der Waals surface area contributed by atoms with Crippen molar-refractivity contribution in [1.82, 2.24) is 0 Å². The summed E-state index contributed by atoms with van der Waals surface area (Å²) in [6.07, 6.45) is 0. The number of furan rings is 1. The molecule has 1 aromatic heterocycles. The molecule has 14 rings (SSSR count). The zero-order valence-corrected chi connectivity index (χ0v) is 36.1. The van der Waals surface area contributed by atoms with Crippen LogP contribution in [0.5, 0.6) is 0 Å². The van der Waals surface area contributed by atoms with Gasteiger partial charge in [-0.05, 0) is 135 Å². The molecule has 0 radical (unpaired) electrons. The van der Waals surface area contributed by atoms with Gasteiger partial charge in [0.15, 0.2) is 5.58 Å². The van der Waals surface area contributed by atoms with Crippen molar-refractivity contribution in [3.8, 4) is 22.3 Å². The third-order valence-corrected chi connectivity index (χ3v) is 14.6. The van der Waals surface area contributed by atoms with E-state index in [1.54, 1.807) is 0 Å². The van der Waals surface area contributed by atoms with Gasteiger partial charge in [-0.25, -0.2) is 0 Å². The second kappa shape index (κ2) is 13.4. The normalized spacial score (nSPS) is 13.2. The van der Waals surface area contributed by atoms with Crippen molar-refractivity contribution < 1.29 is 4.42 Å². The number of hydrogen-bond donors (Lipinski definition) is 0. The first kappa shape index (κ1) is 36.3. The van der Waals surface area contributed by atoms with Gasteiger partial charge in [0.05, 0.1) is 5.69 Å². The highest BCUT2D eigenvalue weighted by molar-refractivity contribution is 6.27. The fourth-order valence-electron chi connectivity index (χ4n) is 11.6. The second-order valence-corrected chi connectivity index (χ2v) is 18.4. The molecule has 0 unspecified atom stereocenters. The van der Waals surface area contributed by atoms with Crippen LogP contribution >= 0.6 is 0 Å². The summed E-state index contributed by atoms with van der Waals surface area (Å²) in [6, 6.07) is 78.4. The molecule has 0 N–H and O–H groups in total. The minimum Gasteiger partial charge on any atom is -0.453 e. The Bertz CT molecular complexity index is 4130. The van der Waals surface area contributed by atoms with Crippen molar-refractivity contribution in [3.63, 3.8) is 0 Å². The van der Waals surface area contributed by atoms with Gasteiger partial charge in [-0.2, -0.15) is 0 Å². The predicted molar refractivity (Wildman–Crippen MR) is 276 cm³/mol. The van der Waals surface area contributed by atoms with E-state index in [9.17, 15) is 0 Å². The van der Waals surface area contributed by atoms with Gasteiger partial charge in [-0.1, -0.05) is 184 Å². The zero-order valence-electron chi connectivity index (χ0n) is 36.1. The summed E-state index contributed by atoms with van der Waals surface area (Å²) in [4.78, 5) is 2.44. The summed E-state index contributed by atoms with van der Waals surface area (Å²) in [5.41, 5.74) is 12.3. The van der Waals surface area contributed by atoms with Gasteiger partial charge in [0, 0.05) is 33.1 Å². The van der Waals surface area contributed by atoms with Gasteiger partial charge in [-0.15, -0.1) is 0 Å². The van der Waals surface area contributed by atoms with Gasteiger partial charge in [0.2, 0.25) is 0 Å². The maximum Gasteiger partial charge on any atom is 0.159 e. The lowest BCUT2D eigenvalue weighted by molar-refractivity contribution is 0.660. The zero-order chi connectivity index (χ0) is 43.0. The maximum atomic E-state index is 7.52. The Morgan fingerprint density at radius 1 is 0.323 bits per heavy atom. The molecule has 2 nitrogen and oxygen atoms in total. The summed E-state index contributed by atoms with van der Waals surface area (Å²) in [7, 11) is 0. The Labute approximate surface area is 376 Å². The van der Waals surface area contributed by atoms with Crippen molar-refractivity contribution in [2.75, 3.05) is 4.90 Å². The molecule has 12 aromatic carbocycles. The Morgan fingerprint density at radius 3 is 1.58 bits per heavy atom. The SMILES string of the molecule is CC1(C)c2ccccc2-c2ccc(N(c3ccc4c5ccccc5c5ccccc5c4c3)c3cccc4c3oc3c(-c5cc6ccccc6c6ccccc56)c5ccccc5cc34)cc21. The van der Waals surface area contributed by atoms with Crippen LogP contribution in [0.25, 0.3) is 109 Å². The molecule has 0 amide bonds. The van der Waals surface area contributed by atoms with Crippen LogP contribution in [0, 0.1) is 0 Å². The lowest BCUT2D eigenvalue weighted by Crippen LogP contribution is -2.16. The van der Waals surface area contributed by atoms with E-state index < -0.39 is 0 Å². The number of hydrogen-bond acceptors (Lipinski definition) is 2. The largest absolute Gasteiger partial charge is 0.453 e. The standard InChI is InChI=1S/C63H41NO/c1-63(2)57-28-14-13-26-51(57)52-33-31-41(37-58(52)63)64(40-30-32-50-47-23-9-8-21-45(47)46-22-10-11-24-48(46)54(50)36-40)59-29-15-27-53-56-35-39-17-4-6-19-43(39)60(62(56)65-61(53)59)55-34-38-16-3-5-18-42(38)44-20-7-12-25-49(44)55/h3-37H,1-2H3. The molecule has 0 aliphatic heterocycles. The van der Waals surface area contributed by atoms with Crippen molar-refractivity contribution >= 4 is 104 Å². The van der Waals surface area contributed by atoms with Gasteiger partial charge in [0.1, 0.15) is 5.58 Å². The minimum atomic E-state index is -0.172. The number of anilines is 3. The predicted octanol–water partition coefficient (Wildman–Crippen LogP) is 17.9. The molecule has 65 heavy (non-hydrogen) atoms. The lowest BCUT2D eigenvalue weighted by atomic mass is 9.82. The van der Waals surface area contributed by atoms with Crippen molar-refractivity contribution in [2.24, 2.45) is 0 Å². The minimum absolute atomic E-state index is 0.172. The third kappa shape index (κ3) is 5.11. The average Bonchev–Trinajstić information content (AvgIpc) is 3.84. The van der Waals surface area contributed by atoms with Crippen molar-refractivity contribution in [3.05, 3.63) is 223 Å². The van der Waals surface area contributed by atoms with Crippen LogP contribution in [0.15, 0.2) is 217 Å². The topological polar surface area (TPSA) is 16.4 Å². The number of nitrogens with zero attached hydrogens (tertiary/aromatic N) is 1. The molecular formula is C63H41NO. The maximum absolute atomic E-state index is 7.52. The van der Waals surface area contributed by atoms with Crippen LogP contribution in [0.4, 0.5) is 17.1 Å². The number of fused-ring (bicyclic) bond motifs is 16.